The molecule has 172 valence electrons. The smallest absolute Gasteiger partial charge is 0.0998 e. The molecule has 0 bridgehead atoms. The first-order valence-corrected chi connectivity index (χ1v) is 12.0. The molecule has 0 aliphatic heterocycles. The molecular formula is C32H27ClN2. The van der Waals surface area contributed by atoms with Gasteiger partial charge in [-0.05, 0) is 64.2 Å². The normalized spacial score (nSPS) is 12.5. The lowest BCUT2D eigenvalue weighted by Gasteiger charge is -2.22. The molecule has 0 saturated heterocycles. The van der Waals surface area contributed by atoms with Gasteiger partial charge in [-0.2, -0.15) is 5.26 Å². The van der Waals surface area contributed by atoms with E-state index in [1.165, 1.54) is 0 Å². The van der Waals surface area contributed by atoms with E-state index >= 15 is 0 Å². The highest BCUT2D eigenvalue weighted by Crippen LogP contribution is 2.34. The predicted molar refractivity (Wildman–Crippen MR) is 148 cm³/mol. The van der Waals surface area contributed by atoms with Crippen LogP contribution in [0.15, 0.2) is 121 Å². The van der Waals surface area contributed by atoms with Crippen molar-refractivity contribution >= 4 is 22.4 Å². The van der Waals surface area contributed by atoms with Crippen molar-refractivity contribution in [3.63, 3.8) is 0 Å². The SMILES string of the molecule is C=C/C=C\C(=C/C)C(NCc1ccc(Cl)cc1)c1ccc(C#N)c(-c2cccc3ccccc23)c1. The van der Waals surface area contributed by atoms with Gasteiger partial charge in [-0.3, -0.25) is 0 Å². The molecule has 0 aromatic heterocycles. The Kier molecular flexibility index (Phi) is 7.95. The van der Waals surface area contributed by atoms with Gasteiger partial charge in [0.15, 0.2) is 0 Å². The summed E-state index contributed by atoms with van der Waals surface area (Å²) >= 11 is 6.07. The van der Waals surface area contributed by atoms with Crippen LogP contribution in [0.3, 0.4) is 0 Å². The molecule has 0 fully saturated rings. The molecule has 0 spiro atoms. The summed E-state index contributed by atoms with van der Waals surface area (Å²) in [6.45, 7) is 6.53. The summed E-state index contributed by atoms with van der Waals surface area (Å²) in [6.07, 6.45) is 7.90. The maximum absolute atomic E-state index is 9.92. The van der Waals surface area contributed by atoms with E-state index in [4.69, 9.17) is 11.6 Å². The molecule has 0 saturated carbocycles. The number of nitriles is 1. The van der Waals surface area contributed by atoms with Crippen LogP contribution in [-0.4, -0.2) is 0 Å². The zero-order valence-electron chi connectivity index (χ0n) is 19.7. The van der Waals surface area contributed by atoms with Crippen LogP contribution in [0.2, 0.25) is 5.02 Å². The third-order valence-electron chi connectivity index (χ3n) is 6.09. The summed E-state index contributed by atoms with van der Waals surface area (Å²) in [6, 6.07) is 30.8. The van der Waals surface area contributed by atoms with Crippen LogP contribution in [0, 0.1) is 11.3 Å². The standard InChI is InChI=1S/C32H27ClN2/c1-3-5-9-24(4-2)32(35-22-23-14-18-28(33)19-15-23)26-16-17-27(21-34)31(20-26)30-13-8-11-25-10-6-7-12-29(25)30/h3-20,32,35H,1,22H2,2H3/b9-5-,24-4+. The van der Waals surface area contributed by atoms with Crippen LogP contribution >= 0.6 is 11.6 Å². The highest BCUT2D eigenvalue weighted by Gasteiger charge is 2.18. The lowest BCUT2D eigenvalue weighted by atomic mass is 9.90. The van der Waals surface area contributed by atoms with E-state index in [1.54, 1.807) is 6.08 Å². The van der Waals surface area contributed by atoms with E-state index in [1.807, 2.05) is 67.6 Å². The van der Waals surface area contributed by atoms with E-state index in [0.717, 1.165) is 43.6 Å². The van der Waals surface area contributed by atoms with Crippen molar-refractivity contribution in [3.05, 3.63) is 143 Å². The number of hydrogen-bond donors (Lipinski definition) is 1. The number of nitrogens with one attached hydrogen (secondary N) is 1. The van der Waals surface area contributed by atoms with Crippen molar-refractivity contribution in [2.24, 2.45) is 0 Å². The fourth-order valence-corrected chi connectivity index (χ4v) is 4.44. The maximum atomic E-state index is 9.92. The van der Waals surface area contributed by atoms with Gasteiger partial charge >= 0.3 is 0 Å². The summed E-state index contributed by atoms with van der Waals surface area (Å²) in [5.74, 6) is 0. The number of benzene rings is 4. The number of allylic oxidation sites excluding steroid dienone is 3. The molecule has 0 radical (unpaired) electrons. The average molecular weight is 475 g/mol. The topological polar surface area (TPSA) is 35.8 Å². The molecular weight excluding hydrogens is 448 g/mol. The van der Waals surface area contributed by atoms with Gasteiger partial charge < -0.3 is 5.32 Å². The second-order valence-electron chi connectivity index (χ2n) is 8.27. The minimum atomic E-state index is -0.0756. The second-order valence-corrected chi connectivity index (χ2v) is 8.70. The molecule has 0 heterocycles. The highest BCUT2D eigenvalue weighted by molar-refractivity contribution is 6.30. The zero-order chi connectivity index (χ0) is 24.6. The summed E-state index contributed by atoms with van der Waals surface area (Å²) in [7, 11) is 0. The fourth-order valence-electron chi connectivity index (χ4n) is 4.31. The first kappa shape index (κ1) is 24.2. The third-order valence-corrected chi connectivity index (χ3v) is 6.34. The van der Waals surface area contributed by atoms with Crippen molar-refractivity contribution in [1.82, 2.24) is 5.32 Å². The number of nitrogens with zero attached hydrogens (tertiary/aromatic N) is 1. The molecule has 0 amide bonds. The van der Waals surface area contributed by atoms with E-state index in [9.17, 15) is 5.26 Å². The molecule has 1 atom stereocenters. The predicted octanol–water partition coefficient (Wildman–Crippen LogP) is 8.55. The van der Waals surface area contributed by atoms with Gasteiger partial charge in [0, 0.05) is 17.1 Å². The molecule has 4 aromatic carbocycles. The molecule has 3 heteroatoms. The van der Waals surface area contributed by atoms with Crippen molar-refractivity contribution in [2.45, 2.75) is 19.5 Å². The Morgan fingerprint density at radius 2 is 1.77 bits per heavy atom. The quantitative estimate of drug-likeness (QED) is 0.259. The maximum Gasteiger partial charge on any atom is 0.0998 e. The minimum Gasteiger partial charge on any atom is -0.302 e. The van der Waals surface area contributed by atoms with Crippen LogP contribution in [-0.2, 0) is 6.54 Å². The van der Waals surface area contributed by atoms with Crippen molar-refractivity contribution in [1.29, 1.82) is 5.26 Å². The Morgan fingerprint density at radius 3 is 2.51 bits per heavy atom. The summed E-state index contributed by atoms with van der Waals surface area (Å²) in [4.78, 5) is 0. The van der Waals surface area contributed by atoms with Gasteiger partial charge in [0.05, 0.1) is 17.7 Å². The fraction of sp³-hybridized carbons (Fsp3) is 0.0938. The van der Waals surface area contributed by atoms with Gasteiger partial charge in [-0.25, -0.2) is 0 Å². The first-order valence-electron chi connectivity index (χ1n) is 11.6. The molecule has 0 aliphatic carbocycles. The van der Waals surface area contributed by atoms with Crippen LogP contribution < -0.4 is 5.32 Å². The van der Waals surface area contributed by atoms with Crippen LogP contribution in [0.4, 0.5) is 0 Å². The van der Waals surface area contributed by atoms with Gasteiger partial charge in [0.1, 0.15) is 0 Å². The number of hydrogen-bond acceptors (Lipinski definition) is 2. The van der Waals surface area contributed by atoms with Gasteiger partial charge in [-0.15, -0.1) is 0 Å². The number of halogens is 1. The average Bonchev–Trinajstić information content (AvgIpc) is 2.91. The molecule has 0 aliphatic rings. The second kappa shape index (κ2) is 11.5. The van der Waals surface area contributed by atoms with Crippen molar-refractivity contribution < 1.29 is 0 Å². The number of fused-ring (bicyclic) bond motifs is 1. The van der Waals surface area contributed by atoms with E-state index < -0.39 is 0 Å². The summed E-state index contributed by atoms with van der Waals surface area (Å²) < 4.78 is 0. The largest absolute Gasteiger partial charge is 0.302 e. The Morgan fingerprint density at radius 1 is 1.00 bits per heavy atom. The zero-order valence-corrected chi connectivity index (χ0v) is 20.5. The van der Waals surface area contributed by atoms with Crippen LogP contribution in [0.1, 0.15) is 29.7 Å². The molecule has 1 unspecified atom stereocenters. The minimum absolute atomic E-state index is 0.0756. The monoisotopic (exact) mass is 474 g/mol. The van der Waals surface area contributed by atoms with E-state index in [-0.39, 0.29) is 6.04 Å². The van der Waals surface area contributed by atoms with Gasteiger partial charge in [0.25, 0.3) is 0 Å². The highest BCUT2D eigenvalue weighted by atomic mass is 35.5. The third kappa shape index (κ3) is 5.61. The Labute approximate surface area is 212 Å². The molecule has 4 rings (SSSR count). The Bertz CT molecular complexity index is 1430. The lowest BCUT2D eigenvalue weighted by Crippen LogP contribution is -2.22. The first-order chi connectivity index (χ1) is 17.1. The summed E-state index contributed by atoms with van der Waals surface area (Å²) in [5.41, 5.74) is 6.00. The lowest BCUT2D eigenvalue weighted by molar-refractivity contribution is 0.604. The molecule has 1 N–H and O–H groups in total. The van der Waals surface area contributed by atoms with Gasteiger partial charge in [0.2, 0.25) is 0 Å². The molecule has 4 aromatic rings. The van der Waals surface area contributed by atoms with Crippen molar-refractivity contribution in [3.8, 4) is 17.2 Å². The Balaban J connectivity index is 1.80. The molecule has 2 nitrogen and oxygen atoms in total. The van der Waals surface area contributed by atoms with Crippen LogP contribution in [0.5, 0.6) is 0 Å². The van der Waals surface area contributed by atoms with Crippen molar-refractivity contribution in [2.75, 3.05) is 0 Å². The summed E-state index contributed by atoms with van der Waals surface area (Å²) in [5, 5.41) is 16.6. The molecule has 35 heavy (non-hydrogen) atoms. The Hall–Kier alpha value is -3.90. The van der Waals surface area contributed by atoms with E-state index in [2.05, 4.69) is 60.4 Å². The number of rotatable bonds is 8. The van der Waals surface area contributed by atoms with Gasteiger partial charge in [-0.1, -0.05) is 103 Å². The van der Waals surface area contributed by atoms with E-state index in [0.29, 0.717) is 12.1 Å². The van der Waals surface area contributed by atoms with Crippen LogP contribution in [0.25, 0.3) is 21.9 Å².